The summed E-state index contributed by atoms with van der Waals surface area (Å²) in [4.78, 5) is 50.4. The molecule has 188 valence electrons. The van der Waals surface area contributed by atoms with Gasteiger partial charge in [0.1, 0.15) is 0 Å². The molecule has 34 heavy (non-hydrogen) atoms. The molecule has 6 fully saturated rings. The predicted octanol–water partition coefficient (Wildman–Crippen LogP) is 3.85. The van der Waals surface area contributed by atoms with E-state index in [0.29, 0.717) is 23.9 Å². The molecule has 0 amide bonds. The van der Waals surface area contributed by atoms with E-state index in [9.17, 15) is 40.5 Å². The van der Waals surface area contributed by atoms with E-state index in [-0.39, 0.29) is 0 Å². The fourth-order valence-corrected chi connectivity index (χ4v) is 69.4. The van der Waals surface area contributed by atoms with E-state index >= 15 is 0 Å². The first-order chi connectivity index (χ1) is 15.9. The zero-order valence-corrected chi connectivity index (χ0v) is 28.2. The van der Waals surface area contributed by atoms with Crippen LogP contribution in [0.25, 0.3) is 0 Å². The molecule has 6 saturated carbocycles. The van der Waals surface area contributed by atoms with Crippen LogP contribution >= 0.6 is 0 Å². The molecule has 0 bridgehead atoms. The number of nitrogens with zero attached hydrogens (tertiary/aromatic N) is 4. The number of hydrogen-bond donors (Lipinski definition) is 0. The molecule has 6 aliphatic carbocycles. The molecule has 0 aromatic heterocycles. The van der Waals surface area contributed by atoms with Crippen molar-refractivity contribution in [1.29, 1.82) is 0 Å². The quantitative estimate of drug-likeness (QED) is 0.162. The van der Waals surface area contributed by atoms with E-state index in [1.54, 1.807) is 0 Å². The van der Waals surface area contributed by atoms with E-state index in [4.69, 9.17) is 0 Å². The summed E-state index contributed by atoms with van der Waals surface area (Å²) in [7, 11) is 0. The summed E-state index contributed by atoms with van der Waals surface area (Å²) >= 11 is -8.37. The predicted molar refractivity (Wildman–Crippen MR) is 126 cm³/mol. The first-order valence-corrected chi connectivity index (χ1v) is 32.8. The molecule has 6 rings (SSSR count). The number of rotatable bonds is 12. The normalized spacial score (nSPS) is 48.3. The maximum absolute atomic E-state index is 13.3. The molecule has 6 aliphatic rings. The van der Waals surface area contributed by atoms with Crippen molar-refractivity contribution < 1.29 is 19.7 Å². The molecule has 0 atom stereocenters. The summed E-state index contributed by atoms with van der Waals surface area (Å²) in [5, 5.41) is 52.2. The monoisotopic (exact) mass is 872 g/mol. The van der Waals surface area contributed by atoms with E-state index in [0.717, 1.165) is 0 Å². The number of nitro groups is 4. The van der Waals surface area contributed by atoms with Gasteiger partial charge in [-0.1, -0.05) is 0 Å². The molecule has 0 aromatic carbocycles. The Morgan fingerprint density at radius 2 is 0.765 bits per heavy atom. The minimum atomic E-state index is -4.18. The van der Waals surface area contributed by atoms with Crippen molar-refractivity contribution >= 4 is 42.3 Å². The van der Waals surface area contributed by atoms with Gasteiger partial charge in [-0.15, -0.1) is 0 Å². The Morgan fingerprint density at radius 3 is 0.912 bits per heavy atom. The molecule has 0 aromatic rings. The Morgan fingerprint density at radius 1 is 0.529 bits per heavy atom. The van der Waals surface area contributed by atoms with Crippen LogP contribution in [0, 0.1) is 52.3 Å². The second-order valence-electron chi connectivity index (χ2n) is 11.3. The summed E-state index contributed by atoms with van der Waals surface area (Å²) in [6.07, 6.45) is 0. The van der Waals surface area contributed by atoms with Gasteiger partial charge in [0.25, 0.3) is 0 Å². The topological polar surface area (TPSA) is 173 Å². The molecule has 0 aliphatic heterocycles. The van der Waals surface area contributed by atoms with Crippen LogP contribution in [0.15, 0.2) is 0 Å². The Bertz CT molecular complexity index is 970. The Hall–Kier alpha value is -0.556. The van der Waals surface area contributed by atoms with Crippen molar-refractivity contribution in [1.82, 2.24) is 0 Å². The third-order valence-electron chi connectivity index (χ3n) is 12.9. The average molecular weight is 871 g/mol. The summed E-state index contributed by atoms with van der Waals surface area (Å²) in [5.41, 5.74) is -7.37. The Kier molecular flexibility index (Phi) is 4.64. The summed E-state index contributed by atoms with van der Waals surface area (Å²) < 4.78 is 0.184. The van der Waals surface area contributed by atoms with Gasteiger partial charge >= 0.3 is 208 Å². The molecule has 0 spiro atoms. The fourth-order valence-electron chi connectivity index (χ4n) is 12.9. The van der Waals surface area contributed by atoms with Gasteiger partial charge in [0, 0.05) is 0 Å². The minimum absolute atomic E-state index is 0.413. The van der Waals surface area contributed by atoms with Gasteiger partial charge in [-0.2, -0.15) is 0 Å². The number of hydrogen-bond acceptors (Lipinski definition) is 8. The molecular formula is C20H32N4O8Pb2. The first kappa shape index (κ1) is 25.1. The van der Waals surface area contributed by atoms with E-state index in [2.05, 4.69) is 0 Å². The van der Waals surface area contributed by atoms with Crippen LogP contribution in [-0.2, 0) is 0 Å². The van der Waals surface area contributed by atoms with Gasteiger partial charge < -0.3 is 0 Å². The van der Waals surface area contributed by atoms with Crippen LogP contribution in [0.3, 0.4) is 0 Å². The van der Waals surface area contributed by atoms with Crippen molar-refractivity contribution in [2.45, 2.75) is 93.5 Å². The molecule has 0 heterocycles. The third-order valence-corrected chi connectivity index (χ3v) is 65.9. The van der Waals surface area contributed by atoms with Crippen LogP contribution in [0.5, 0.6) is 0 Å². The Balaban J connectivity index is 2.00. The van der Waals surface area contributed by atoms with Gasteiger partial charge in [-0.3, -0.25) is 0 Å². The van der Waals surface area contributed by atoms with Crippen LogP contribution in [0.4, 0.5) is 0 Å². The second-order valence-corrected chi connectivity index (χ2v) is 53.5. The van der Waals surface area contributed by atoms with Gasteiger partial charge in [-0.05, 0) is 0 Å². The maximum atomic E-state index is 13.3. The molecule has 12 nitrogen and oxygen atoms in total. The van der Waals surface area contributed by atoms with Gasteiger partial charge in [0.15, 0.2) is 0 Å². The van der Waals surface area contributed by atoms with E-state index in [1.807, 2.05) is 41.5 Å². The van der Waals surface area contributed by atoms with E-state index in [1.165, 1.54) is 0 Å². The van der Waals surface area contributed by atoms with E-state index < -0.39 is 102 Å². The zero-order chi connectivity index (χ0) is 25.7. The molecule has 0 radical (unpaired) electrons. The Labute approximate surface area is 206 Å². The standard InChI is InChI=1S/C8H2N4O8.6C2H5.2Pb/c13-9(14)5-1-6(10(15)16)2(5)8(12(19)20)3(5)7(1,4(6)8)11(17)18;6*1-2;;/h1-2H;6*1H2,2H3;;. The van der Waals surface area contributed by atoms with Crippen LogP contribution in [0.2, 0.25) is 29.8 Å². The summed E-state index contributed by atoms with van der Waals surface area (Å²) in [6.45, 7) is 11.4. The first-order valence-electron chi connectivity index (χ1n) is 12.5. The van der Waals surface area contributed by atoms with Crippen LogP contribution in [-0.4, -0.2) is 84.2 Å². The third kappa shape index (κ3) is 1.30. The van der Waals surface area contributed by atoms with Crippen LogP contribution in [0.1, 0.15) is 41.5 Å². The van der Waals surface area contributed by atoms with Gasteiger partial charge in [0.05, 0.1) is 0 Å². The molecule has 0 unspecified atom stereocenters. The fraction of sp³-hybridized carbons (Fsp3) is 1.00. The summed E-state index contributed by atoms with van der Waals surface area (Å²) in [5.74, 6) is -2.60. The summed E-state index contributed by atoms with van der Waals surface area (Å²) in [6, 6.07) is 0. The van der Waals surface area contributed by atoms with Crippen molar-refractivity contribution in [2.24, 2.45) is 11.8 Å². The molecular weight excluding hydrogens is 839 g/mol. The molecule has 0 N–H and O–H groups in total. The van der Waals surface area contributed by atoms with Crippen molar-refractivity contribution in [3.63, 3.8) is 0 Å². The van der Waals surface area contributed by atoms with Crippen molar-refractivity contribution in [3.05, 3.63) is 40.5 Å². The SMILES string of the molecule is C[CH2][Pb]([CH2]C)([CH2]C)[C]12C3([N+](=O)[O-])C4C5([N+](=O)[O-])C3C1([N+](=O)[O-])[C]5([Pb]([CH2]C)([CH2]C)[CH2]C)C42[N+](=O)[O-]. The average Bonchev–Trinajstić information content (AvgIpc) is 2.80. The zero-order valence-electron chi connectivity index (χ0n) is 20.5. The molecule has 0 saturated heterocycles. The molecule has 14 heteroatoms. The van der Waals surface area contributed by atoms with Gasteiger partial charge in [-0.25, -0.2) is 0 Å². The second kappa shape index (κ2) is 6.28. The van der Waals surface area contributed by atoms with Crippen molar-refractivity contribution in [2.75, 3.05) is 0 Å². The van der Waals surface area contributed by atoms with Gasteiger partial charge in [0.2, 0.25) is 0 Å². The van der Waals surface area contributed by atoms with Crippen molar-refractivity contribution in [3.8, 4) is 0 Å². The van der Waals surface area contributed by atoms with Crippen LogP contribution < -0.4 is 0 Å².